The van der Waals surface area contributed by atoms with Crippen LogP contribution < -0.4 is 10.1 Å². The zero-order valence-corrected chi connectivity index (χ0v) is 12.9. The molecule has 0 aliphatic carbocycles. The van der Waals surface area contributed by atoms with Gasteiger partial charge in [-0.1, -0.05) is 23.7 Å². The molecular formula is C17H12ClFN2O2. The second-order valence-electron chi connectivity index (χ2n) is 4.81. The summed E-state index contributed by atoms with van der Waals surface area (Å²) in [4.78, 5) is 16.2. The summed E-state index contributed by atoms with van der Waals surface area (Å²) in [5.41, 5.74) is 1.01. The number of nitrogens with one attached hydrogen (secondary N) is 1. The minimum Gasteiger partial charge on any atom is -0.496 e. The van der Waals surface area contributed by atoms with Gasteiger partial charge in [-0.05, 0) is 36.4 Å². The maximum absolute atomic E-state index is 13.8. The monoisotopic (exact) mass is 330 g/mol. The summed E-state index contributed by atoms with van der Waals surface area (Å²) in [5.74, 6) is -0.122. The SMILES string of the molecule is COc1ccc(Cl)cc1/C=C1/N=C(c2ccccc2F)NC1=O. The Labute approximate surface area is 137 Å². The number of hydrogen-bond donors (Lipinski definition) is 1. The van der Waals surface area contributed by atoms with E-state index in [4.69, 9.17) is 16.3 Å². The molecule has 2 aromatic carbocycles. The lowest BCUT2D eigenvalue weighted by Gasteiger charge is -2.05. The van der Waals surface area contributed by atoms with Crippen molar-refractivity contribution in [2.45, 2.75) is 0 Å². The van der Waals surface area contributed by atoms with E-state index in [0.717, 1.165) is 0 Å². The lowest BCUT2D eigenvalue weighted by atomic mass is 10.1. The number of ether oxygens (including phenoxy) is 1. The number of halogens is 2. The Balaban J connectivity index is 2.02. The summed E-state index contributed by atoms with van der Waals surface area (Å²) in [6.07, 6.45) is 1.55. The van der Waals surface area contributed by atoms with Gasteiger partial charge in [0.05, 0.1) is 12.7 Å². The number of carbonyl (C=O) groups is 1. The second kappa shape index (κ2) is 6.22. The molecule has 0 fully saturated rings. The summed E-state index contributed by atoms with van der Waals surface area (Å²) < 4.78 is 19.0. The van der Waals surface area contributed by atoms with Gasteiger partial charge in [-0.15, -0.1) is 0 Å². The molecule has 4 nitrogen and oxygen atoms in total. The molecule has 1 heterocycles. The van der Waals surface area contributed by atoms with E-state index < -0.39 is 11.7 Å². The molecular weight excluding hydrogens is 319 g/mol. The molecule has 0 aromatic heterocycles. The van der Waals surface area contributed by atoms with E-state index >= 15 is 0 Å². The van der Waals surface area contributed by atoms with E-state index in [2.05, 4.69) is 10.3 Å². The highest BCUT2D eigenvalue weighted by Crippen LogP contribution is 2.26. The first-order valence-electron chi connectivity index (χ1n) is 6.78. The van der Waals surface area contributed by atoms with Crippen LogP contribution in [0, 0.1) is 5.82 Å². The van der Waals surface area contributed by atoms with Gasteiger partial charge in [0.2, 0.25) is 0 Å². The lowest BCUT2D eigenvalue weighted by Crippen LogP contribution is -2.25. The third-order valence-corrected chi connectivity index (χ3v) is 3.54. The quantitative estimate of drug-likeness (QED) is 0.877. The van der Waals surface area contributed by atoms with Crippen molar-refractivity contribution in [2.75, 3.05) is 7.11 Å². The minimum atomic E-state index is -0.451. The Bertz CT molecular complexity index is 846. The number of methoxy groups -OCH3 is 1. The number of aliphatic imine (C=N–C) groups is 1. The van der Waals surface area contributed by atoms with Crippen molar-refractivity contribution in [2.24, 2.45) is 4.99 Å². The highest BCUT2D eigenvalue weighted by atomic mass is 35.5. The fraction of sp³-hybridized carbons (Fsp3) is 0.0588. The number of rotatable bonds is 3. The molecule has 0 spiro atoms. The number of nitrogens with zero attached hydrogens (tertiary/aromatic N) is 1. The Morgan fingerprint density at radius 3 is 2.78 bits per heavy atom. The first kappa shape index (κ1) is 15.2. The van der Waals surface area contributed by atoms with Crippen molar-refractivity contribution < 1.29 is 13.9 Å². The van der Waals surface area contributed by atoms with E-state index in [1.165, 1.54) is 13.2 Å². The summed E-state index contributed by atoms with van der Waals surface area (Å²) in [6, 6.07) is 11.2. The summed E-state index contributed by atoms with van der Waals surface area (Å²) in [5, 5.41) is 3.07. The van der Waals surface area contributed by atoms with Crippen LogP contribution in [0.3, 0.4) is 0 Å². The number of amides is 1. The van der Waals surface area contributed by atoms with E-state index in [1.807, 2.05) is 0 Å². The maximum Gasteiger partial charge on any atom is 0.275 e. The summed E-state index contributed by atoms with van der Waals surface area (Å²) in [6.45, 7) is 0. The molecule has 0 saturated carbocycles. The number of benzene rings is 2. The van der Waals surface area contributed by atoms with Crippen molar-refractivity contribution >= 4 is 29.4 Å². The van der Waals surface area contributed by atoms with Crippen LogP contribution in [0.25, 0.3) is 6.08 Å². The van der Waals surface area contributed by atoms with Gasteiger partial charge in [-0.2, -0.15) is 0 Å². The zero-order valence-electron chi connectivity index (χ0n) is 12.1. The van der Waals surface area contributed by atoms with E-state index in [9.17, 15) is 9.18 Å². The van der Waals surface area contributed by atoms with Gasteiger partial charge in [-0.25, -0.2) is 9.38 Å². The Morgan fingerprint density at radius 2 is 2.04 bits per heavy atom. The molecule has 0 bridgehead atoms. The maximum atomic E-state index is 13.8. The summed E-state index contributed by atoms with van der Waals surface area (Å²) >= 11 is 5.97. The molecule has 1 aliphatic heterocycles. The average Bonchev–Trinajstić information content (AvgIpc) is 2.89. The molecule has 23 heavy (non-hydrogen) atoms. The van der Waals surface area contributed by atoms with Crippen molar-refractivity contribution in [1.29, 1.82) is 0 Å². The van der Waals surface area contributed by atoms with Crippen molar-refractivity contribution in [3.8, 4) is 5.75 Å². The molecule has 3 rings (SSSR count). The third-order valence-electron chi connectivity index (χ3n) is 3.31. The van der Waals surface area contributed by atoms with Crippen LogP contribution in [0.15, 0.2) is 53.2 Å². The molecule has 116 valence electrons. The van der Waals surface area contributed by atoms with Crippen molar-refractivity contribution in [3.05, 3.63) is 70.1 Å². The minimum absolute atomic E-state index is 0.156. The van der Waals surface area contributed by atoms with Crippen molar-refractivity contribution in [1.82, 2.24) is 5.32 Å². The highest BCUT2D eigenvalue weighted by molar-refractivity contribution is 6.30. The highest BCUT2D eigenvalue weighted by Gasteiger charge is 2.23. The van der Waals surface area contributed by atoms with Crippen LogP contribution in [0.2, 0.25) is 5.02 Å². The molecule has 1 amide bonds. The van der Waals surface area contributed by atoms with E-state index in [-0.39, 0.29) is 17.1 Å². The van der Waals surface area contributed by atoms with Crippen LogP contribution in [-0.4, -0.2) is 18.9 Å². The topological polar surface area (TPSA) is 50.7 Å². The van der Waals surface area contributed by atoms with Gasteiger partial charge in [-0.3, -0.25) is 4.79 Å². The standard InChI is InChI=1S/C17H12ClFN2O2/c1-23-15-7-6-11(18)8-10(15)9-14-17(22)21-16(20-14)12-4-2-3-5-13(12)19/h2-9H,1H3,(H,20,21,22)/b14-9+. The fourth-order valence-corrected chi connectivity index (χ4v) is 2.40. The van der Waals surface area contributed by atoms with Crippen LogP contribution in [0.5, 0.6) is 5.75 Å². The Morgan fingerprint density at radius 1 is 1.26 bits per heavy atom. The molecule has 0 unspecified atom stereocenters. The van der Waals surface area contributed by atoms with Gasteiger partial charge < -0.3 is 10.1 Å². The number of carbonyl (C=O) groups excluding carboxylic acids is 1. The van der Waals surface area contributed by atoms with Gasteiger partial charge in [0.1, 0.15) is 23.1 Å². The van der Waals surface area contributed by atoms with Crippen LogP contribution in [0.1, 0.15) is 11.1 Å². The van der Waals surface area contributed by atoms with Crippen LogP contribution in [-0.2, 0) is 4.79 Å². The third kappa shape index (κ3) is 3.10. The first-order valence-corrected chi connectivity index (χ1v) is 7.16. The zero-order chi connectivity index (χ0) is 16.4. The Hall–Kier alpha value is -2.66. The molecule has 1 N–H and O–H groups in total. The van der Waals surface area contributed by atoms with Gasteiger partial charge in [0, 0.05) is 10.6 Å². The van der Waals surface area contributed by atoms with Crippen LogP contribution in [0.4, 0.5) is 4.39 Å². The predicted molar refractivity (Wildman–Crippen MR) is 87.1 cm³/mol. The summed E-state index contributed by atoms with van der Waals surface area (Å²) in [7, 11) is 1.52. The van der Waals surface area contributed by atoms with Gasteiger partial charge >= 0.3 is 0 Å². The Kier molecular flexibility index (Phi) is 4.12. The fourth-order valence-electron chi connectivity index (χ4n) is 2.21. The van der Waals surface area contributed by atoms with Crippen LogP contribution >= 0.6 is 11.6 Å². The molecule has 1 aliphatic rings. The molecule has 6 heteroatoms. The van der Waals surface area contributed by atoms with Gasteiger partial charge in [0.25, 0.3) is 5.91 Å². The van der Waals surface area contributed by atoms with E-state index in [1.54, 1.807) is 42.5 Å². The normalized spacial score (nSPS) is 15.5. The van der Waals surface area contributed by atoms with E-state index in [0.29, 0.717) is 16.3 Å². The second-order valence-corrected chi connectivity index (χ2v) is 5.25. The smallest absolute Gasteiger partial charge is 0.275 e. The molecule has 0 saturated heterocycles. The first-order chi connectivity index (χ1) is 11.1. The number of hydrogen-bond acceptors (Lipinski definition) is 3. The number of amidine groups is 1. The average molecular weight is 331 g/mol. The lowest BCUT2D eigenvalue weighted by molar-refractivity contribution is -0.115. The molecule has 0 radical (unpaired) electrons. The molecule has 2 aromatic rings. The predicted octanol–water partition coefficient (Wildman–Crippen LogP) is 3.41. The van der Waals surface area contributed by atoms with Gasteiger partial charge in [0.15, 0.2) is 0 Å². The molecule has 0 atom stereocenters. The largest absolute Gasteiger partial charge is 0.496 e. The van der Waals surface area contributed by atoms with Crippen molar-refractivity contribution in [3.63, 3.8) is 0 Å².